The van der Waals surface area contributed by atoms with Crippen molar-refractivity contribution >= 4 is 0 Å². The lowest BCUT2D eigenvalue weighted by atomic mass is 9.91. The maximum Gasteiger partial charge on any atom is 0.123 e. The zero-order chi connectivity index (χ0) is 15.3. The molecular formula is C19H24FN. The predicted molar refractivity (Wildman–Crippen MR) is 87.0 cm³/mol. The highest BCUT2D eigenvalue weighted by molar-refractivity contribution is 5.25. The molecule has 0 aromatic heterocycles. The van der Waals surface area contributed by atoms with Crippen molar-refractivity contribution < 1.29 is 4.39 Å². The van der Waals surface area contributed by atoms with E-state index in [1.165, 1.54) is 11.6 Å². The molecule has 0 saturated carbocycles. The molecule has 0 amide bonds. The second-order valence-corrected chi connectivity index (χ2v) is 6.57. The van der Waals surface area contributed by atoms with Gasteiger partial charge in [0, 0.05) is 18.0 Å². The summed E-state index contributed by atoms with van der Waals surface area (Å²) >= 11 is 0. The molecule has 112 valence electrons. The molecular weight excluding hydrogens is 261 g/mol. The van der Waals surface area contributed by atoms with Crippen molar-refractivity contribution in [3.05, 3.63) is 71.5 Å². The second kappa shape index (κ2) is 6.86. The van der Waals surface area contributed by atoms with Gasteiger partial charge in [0.1, 0.15) is 5.82 Å². The highest BCUT2D eigenvalue weighted by Crippen LogP contribution is 2.21. The molecule has 1 atom stereocenters. The van der Waals surface area contributed by atoms with Crippen molar-refractivity contribution in [2.75, 3.05) is 6.54 Å². The van der Waals surface area contributed by atoms with Gasteiger partial charge >= 0.3 is 0 Å². The molecule has 2 rings (SSSR count). The Morgan fingerprint density at radius 3 is 2.33 bits per heavy atom. The van der Waals surface area contributed by atoms with E-state index in [1.54, 1.807) is 12.1 Å². The van der Waals surface area contributed by atoms with Gasteiger partial charge in [-0.1, -0.05) is 42.5 Å². The van der Waals surface area contributed by atoms with Crippen LogP contribution in [-0.4, -0.2) is 12.1 Å². The van der Waals surface area contributed by atoms with Gasteiger partial charge in [-0.15, -0.1) is 0 Å². The quantitative estimate of drug-likeness (QED) is 0.850. The summed E-state index contributed by atoms with van der Waals surface area (Å²) in [4.78, 5) is 0. The van der Waals surface area contributed by atoms with Crippen molar-refractivity contribution in [2.24, 2.45) is 0 Å². The van der Waals surface area contributed by atoms with Crippen LogP contribution in [0.3, 0.4) is 0 Å². The standard InChI is InChI=1S/C19H24FN/c1-19(2,3)21-14-17(16-9-5-4-6-10-16)12-15-8-7-11-18(20)13-15/h4-11,13,17,21H,12,14H2,1-3H3. The maximum atomic E-state index is 13.4. The fourth-order valence-corrected chi connectivity index (χ4v) is 2.41. The number of halogens is 1. The Hall–Kier alpha value is -1.67. The maximum absolute atomic E-state index is 13.4. The molecule has 0 aliphatic carbocycles. The summed E-state index contributed by atoms with van der Waals surface area (Å²) in [5.41, 5.74) is 2.41. The van der Waals surface area contributed by atoms with Crippen LogP contribution in [0.4, 0.5) is 4.39 Å². The molecule has 2 aromatic carbocycles. The summed E-state index contributed by atoms with van der Waals surface area (Å²) in [6.07, 6.45) is 0.838. The minimum atomic E-state index is -0.164. The van der Waals surface area contributed by atoms with E-state index in [0.717, 1.165) is 18.5 Å². The number of nitrogens with one attached hydrogen (secondary N) is 1. The Labute approximate surface area is 127 Å². The van der Waals surface area contributed by atoms with Crippen molar-refractivity contribution in [2.45, 2.75) is 38.6 Å². The average Bonchev–Trinajstić information content (AvgIpc) is 2.43. The molecule has 1 nitrogen and oxygen atoms in total. The zero-order valence-corrected chi connectivity index (χ0v) is 13.1. The normalized spacial score (nSPS) is 13.1. The number of hydrogen-bond donors (Lipinski definition) is 1. The zero-order valence-electron chi connectivity index (χ0n) is 13.1. The SMILES string of the molecule is CC(C)(C)NCC(Cc1cccc(F)c1)c1ccccc1. The molecule has 0 spiro atoms. The molecule has 1 N–H and O–H groups in total. The van der Waals surface area contributed by atoms with Crippen LogP contribution in [0.2, 0.25) is 0 Å². The molecule has 21 heavy (non-hydrogen) atoms. The van der Waals surface area contributed by atoms with Gasteiger partial charge in [0.15, 0.2) is 0 Å². The van der Waals surface area contributed by atoms with Gasteiger partial charge in [0.2, 0.25) is 0 Å². The fourth-order valence-electron chi connectivity index (χ4n) is 2.41. The first kappa shape index (κ1) is 15.7. The fraction of sp³-hybridized carbons (Fsp3) is 0.368. The first-order valence-electron chi connectivity index (χ1n) is 7.48. The summed E-state index contributed by atoms with van der Waals surface area (Å²) in [6, 6.07) is 17.3. The van der Waals surface area contributed by atoms with Crippen LogP contribution in [0.25, 0.3) is 0 Å². The molecule has 2 aromatic rings. The van der Waals surface area contributed by atoms with Crippen molar-refractivity contribution in [3.63, 3.8) is 0 Å². The van der Waals surface area contributed by atoms with Gasteiger partial charge in [-0.05, 0) is 50.5 Å². The van der Waals surface area contributed by atoms with Crippen LogP contribution in [0.15, 0.2) is 54.6 Å². The third kappa shape index (κ3) is 5.31. The lowest BCUT2D eigenvalue weighted by Gasteiger charge is -2.26. The summed E-state index contributed by atoms with van der Waals surface area (Å²) in [5, 5.41) is 3.56. The van der Waals surface area contributed by atoms with Crippen LogP contribution in [-0.2, 0) is 6.42 Å². The number of benzene rings is 2. The van der Waals surface area contributed by atoms with Crippen molar-refractivity contribution in [1.29, 1.82) is 0 Å². The van der Waals surface area contributed by atoms with E-state index < -0.39 is 0 Å². The van der Waals surface area contributed by atoms with Gasteiger partial charge in [-0.2, -0.15) is 0 Å². The second-order valence-electron chi connectivity index (χ2n) is 6.57. The topological polar surface area (TPSA) is 12.0 Å². The molecule has 0 aliphatic rings. The predicted octanol–water partition coefficient (Wildman–Crippen LogP) is 4.54. The number of hydrogen-bond acceptors (Lipinski definition) is 1. The third-order valence-electron chi connectivity index (χ3n) is 3.52. The largest absolute Gasteiger partial charge is 0.311 e. The molecule has 0 saturated heterocycles. The Kier molecular flexibility index (Phi) is 5.13. The van der Waals surface area contributed by atoms with E-state index in [1.807, 2.05) is 12.1 Å². The Bertz CT molecular complexity index is 557. The summed E-state index contributed by atoms with van der Waals surface area (Å²) in [7, 11) is 0. The van der Waals surface area contributed by atoms with E-state index in [-0.39, 0.29) is 11.4 Å². The average molecular weight is 285 g/mol. The minimum absolute atomic E-state index is 0.0783. The first-order valence-corrected chi connectivity index (χ1v) is 7.48. The Morgan fingerprint density at radius 2 is 1.71 bits per heavy atom. The van der Waals surface area contributed by atoms with E-state index in [0.29, 0.717) is 5.92 Å². The molecule has 0 fully saturated rings. The van der Waals surface area contributed by atoms with E-state index in [2.05, 4.69) is 50.4 Å². The highest BCUT2D eigenvalue weighted by Gasteiger charge is 2.16. The molecule has 0 aliphatic heterocycles. The highest BCUT2D eigenvalue weighted by atomic mass is 19.1. The van der Waals surface area contributed by atoms with Gasteiger partial charge in [-0.25, -0.2) is 4.39 Å². The summed E-state index contributed by atoms with van der Waals surface area (Å²) < 4.78 is 13.4. The van der Waals surface area contributed by atoms with Crippen LogP contribution < -0.4 is 5.32 Å². The van der Waals surface area contributed by atoms with E-state index >= 15 is 0 Å². The molecule has 0 radical (unpaired) electrons. The van der Waals surface area contributed by atoms with Crippen molar-refractivity contribution in [3.8, 4) is 0 Å². The van der Waals surface area contributed by atoms with Crippen LogP contribution >= 0.6 is 0 Å². The molecule has 2 heteroatoms. The third-order valence-corrected chi connectivity index (χ3v) is 3.52. The molecule has 0 heterocycles. The Morgan fingerprint density at radius 1 is 1.00 bits per heavy atom. The van der Waals surface area contributed by atoms with Crippen LogP contribution in [0.1, 0.15) is 37.8 Å². The monoisotopic (exact) mass is 285 g/mol. The van der Waals surface area contributed by atoms with E-state index in [4.69, 9.17) is 0 Å². The molecule has 0 bridgehead atoms. The van der Waals surface area contributed by atoms with Gasteiger partial charge in [0.05, 0.1) is 0 Å². The summed E-state index contributed by atoms with van der Waals surface area (Å²) in [6.45, 7) is 7.37. The Balaban J connectivity index is 2.16. The van der Waals surface area contributed by atoms with Gasteiger partial charge in [0.25, 0.3) is 0 Å². The first-order chi connectivity index (χ1) is 9.94. The number of rotatable bonds is 5. The van der Waals surface area contributed by atoms with Crippen LogP contribution in [0.5, 0.6) is 0 Å². The van der Waals surface area contributed by atoms with Crippen molar-refractivity contribution in [1.82, 2.24) is 5.32 Å². The van der Waals surface area contributed by atoms with Gasteiger partial charge in [-0.3, -0.25) is 0 Å². The summed E-state index contributed by atoms with van der Waals surface area (Å²) in [5.74, 6) is 0.176. The minimum Gasteiger partial charge on any atom is -0.311 e. The molecule has 1 unspecified atom stereocenters. The van der Waals surface area contributed by atoms with Gasteiger partial charge < -0.3 is 5.32 Å². The lowest BCUT2D eigenvalue weighted by Crippen LogP contribution is -2.39. The lowest BCUT2D eigenvalue weighted by molar-refractivity contribution is 0.405. The van der Waals surface area contributed by atoms with E-state index in [9.17, 15) is 4.39 Å². The smallest absolute Gasteiger partial charge is 0.123 e. The van der Waals surface area contributed by atoms with Crippen LogP contribution in [0, 0.1) is 5.82 Å².